The SMILES string of the molecule is CC(N)C[NH-].CC(N)C[NH-].[Au+].[Au+].[C-]#N.[C-]#N.[C-]#N.[C-]#N.[Pt+4]. The van der Waals surface area contributed by atoms with Gasteiger partial charge in [-0.25, -0.2) is 0 Å². The molecule has 0 saturated heterocycles. The summed E-state index contributed by atoms with van der Waals surface area (Å²) in [6.07, 6.45) is 0. The predicted octanol–water partition coefficient (Wildman–Crippen LogP) is 1.15. The molecule has 0 aromatic heterocycles. The van der Waals surface area contributed by atoms with Gasteiger partial charge in [0.15, 0.2) is 0 Å². The second-order valence-electron chi connectivity index (χ2n) is 2.36. The van der Waals surface area contributed by atoms with Gasteiger partial charge in [0.1, 0.15) is 0 Å². The van der Waals surface area contributed by atoms with Crippen molar-refractivity contribution in [3.8, 4) is 0 Å². The van der Waals surface area contributed by atoms with E-state index in [1.54, 1.807) is 0 Å². The van der Waals surface area contributed by atoms with Crippen molar-refractivity contribution in [2.75, 3.05) is 13.1 Å². The maximum absolute atomic E-state index is 6.53. The molecule has 11 heteroatoms. The van der Waals surface area contributed by atoms with Gasteiger partial charge in [-0.05, 0) is 12.1 Å². The van der Waals surface area contributed by atoms with Crippen molar-refractivity contribution in [1.29, 1.82) is 21.0 Å². The van der Waals surface area contributed by atoms with Crippen LogP contribution in [0.3, 0.4) is 0 Å². The molecule has 2 unspecified atom stereocenters. The van der Waals surface area contributed by atoms with Gasteiger partial charge in [-0.15, -0.1) is 13.1 Å². The molecule has 0 heterocycles. The zero-order chi connectivity index (χ0) is 16.6. The molecular weight excluding hydrogens is 821 g/mol. The van der Waals surface area contributed by atoms with Crippen LogP contribution in [0.2, 0.25) is 0 Å². The second-order valence-corrected chi connectivity index (χ2v) is 2.36. The number of hydrogen-bond donors (Lipinski definition) is 2. The smallest absolute Gasteiger partial charge is 0.676 e. The van der Waals surface area contributed by atoms with Crippen LogP contribution in [0.4, 0.5) is 0 Å². The third-order valence-electron chi connectivity index (χ3n) is 0.644. The third-order valence-corrected chi connectivity index (χ3v) is 0.644. The molecule has 0 aliphatic carbocycles. The topological polar surface area (TPSA) is 195 Å². The van der Waals surface area contributed by atoms with E-state index >= 15 is 0 Å². The summed E-state index contributed by atoms with van der Waals surface area (Å²) in [5.74, 6) is 0. The summed E-state index contributed by atoms with van der Waals surface area (Å²) in [6, 6.07) is 0.102. The van der Waals surface area contributed by atoms with Crippen LogP contribution >= 0.6 is 0 Å². The van der Waals surface area contributed by atoms with E-state index in [2.05, 4.69) is 0 Å². The largest absolute Gasteiger partial charge is 4.00 e. The van der Waals surface area contributed by atoms with Crippen molar-refractivity contribution < 1.29 is 65.8 Å². The summed E-state index contributed by atoms with van der Waals surface area (Å²) in [7, 11) is 0. The maximum Gasteiger partial charge on any atom is 4.00 e. The molecule has 0 aromatic rings. The zero-order valence-corrected chi connectivity index (χ0v) is 18.0. The van der Waals surface area contributed by atoms with Crippen molar-refractivity contribution in [1.82, 2.24) is 0 Å². The quantitative estimate of drug-likeness (QED) is 0.309. The fraction of sp³-hybridized carbons (Fsp3) is 0.600. The normalized spacial score (nSPS) is 7.52. The molecule has 130 valence electrons. The molecule has 0 radical (unpaired) electrons. The van der Waals surface area contributed by atoms with Gasteiger partial charge in [0.25, 0.3) is 0 Å². The van der Waals surface area contributed by atoms with Gasteiger partial charge in [0.2, 0.25) is 0 Å². The summed E-state index contributed by atoms with van der Waals surface area (Å²) < 4.78 is 0. The van der Waals surface area contributed by atoms with E-state index < -0.39 is 0 Å². The molecular formula is C10H18Au2N8Pt. The zero-order valence-electron chi connectivity index (χ0n) is 11.4. The van der Waals surface area contributed by atoms with Gasteiger partial charge in [-0.1, -0.05) is 13.8 Å². The van der Waals surface area contributed by atoms with Crippen LogP contribution in [0, 0.1) is 47.3 Å². The maximum atomic E-state index is 6.53. The van der Waals surface area contributed by atoms with Gasteiger partial charge in [0.05, 0.1) is 0 Å². The molecule has 2 atom stereocenters. The standard InChI is InChI=1S/2C3H9N2.4CN.2Au.Pt/c2*1-3(5)2-4;4*1-2;;;/h2*3-4H,2,5H2,1H3;;;;;;;/q6*-1;2*+1;+4. The summed E-state index contributed by atoms with van der Waals surface area (Å²) in [5.41, 5.74) is 23.3. The molecule has 0 fully saturated rings. The molecule has 0 spiro atoms. The Bertz CT molecular complexity index is 151. The van der Waals surface area contributed by atoms with Crippen molar-refractivity contribution in [2.24, 2.45) is 11.5 Å². The van der Waals surface area contributed by atoms with Crippen LogP contribution in [0.25, 0.3) is 11.5 Å². The third kappa shape index (κ3) is 409. The minimum Gasteiger partial charge on any atom is -0.676 e. The molecule has 21 heavy (non-hydrogen) atoms. The van der Waals surface area contributed by atoms with Gasteiger partial charge in [0, 0.05) is 0 Å². The molecule has 0 aromatic carbocycles. The van der Waals surface area contributed by atoms with Crippen molar-refractivity contribution in [3.63, 3.8) is 0 Å². The van der Waals surface area contributed by atoms with E-state index in [0.717, 1.165) is 0 Å². The van der Waals surface area contributed by atoms with E-state index in [1.807, 2.05) is 13.8 Å². The Balaban J connectivity index is -0.0000000122. The van der Waals surface area contributed by atoms with Crippen molar-refractivity contribution >= 4 is 0 Å². The van der Waals surface area contributed by atoms with E-state index in [1.165, 1.54) is 0 Å². The Labute approximate surface area is 174 Å². The van der Waals surface area contributed by atoms with Crippen LogP contribution in [0.1, 0.15) is 13.8 Å². The Hall–Kier alpha value is -0.0312. The minimum absolute atomic E-state index is 0. The number of nitrogens with zero attached hydrogens (tertiary/aromatic N) is 4. The van der Waals surface area contributed by atoms with Crippen LogP contribution in [-0.4, -0.2) is 25.2 Å². The van der Waals surface area contributed by atoms with Crippen LogP contribution in [-0.2, 0) is 65.8 Å². The number of rotatable bonds is 2. The Kier molecular flexibility index (Phi) is 314. The number of nitrogens with one attached hydrogen (secondary N) is 2. The summed E-state index contributed by atoms with van der Waals surface area (Å²) >= 11 is 0. The molecule has 0 bridgehead atoms. The predicted molar refractivity (Wildman–Crippen MR) is 65.5 cm³/mol. The van der Waals surface area contributed by atoms with E-state index in [0.29, 0.717) is 13.1 Å². The van der Waals surface area contributed by atoms with Crippen molar-refractivity contribution in [2.45, 2.75) is 25.9 Å². The first kappa shape index (κ1) is 58.4. The first-order chi connectivity index (χ1) is 8.54. The van der Waals surface area contributed by atoms with Crippen LogP contribution in [0.5, 0.6) is 0 Å². The Morgan fingerprint density at radius 1 is 0.714 bits per heavy atom. The fourth-order valence-electron chi connectivity index (χ4n) is 0. The van der Waals surface area contributed by atoms with E-state index in [9.17, 15) is 0 Å². The Morgan fingerprint density at radius 2 is 0.762 bits per heavy atom. The first-order valence-corrected chi connectivity index (χ1v) is 4.24. The molecule has 0 aliphatic rings. The van der Waals surface area contributed by atoms with Crippen molar-refractivity contribution in [3.05, 3.63) is 37.8 Å². The summed E-state index contributed by atoms with van der Waals surface area (Å²) in [5, 5.41) is 25.0. The van der Waals surface area contributed by atoms with Gasteiger partial charge < -0.3 is 70.3 Å². The monoisotopic (exact) mass is 839 g/mol. The molecule has 8 nitrogen and oxygen atoms in total. The van der Waals surface area contributed by atoms with Crippen LogP contribution in [0.15, 0.2) is 0 Å². The number of hydrogen-bond acceptors (Lipinski definition) is 6. The van der Waals surface area contributed by atoms with E-state index in [-0.39, 0.29) is 77.9 Å². The second kappa shape index (κ2) is 113. The molecule has 6 N–H and O–H groups in total. The fourth-order valence-corrected chi connectivity index (χ4v) is 0. The minimum atomic E-state index is 0. The molecule has 0 amide bonds. The average molecular weight is 839 g/mol. The molecule has 0 aliphatic heterocycles. The van der Waals surface area contributed by atoms with Crippen LogP contribution < -0.4 is 11.5 Å². The molecule has 0 saturated carbocycles. The van der Waals surface area contributed by atoms with Gasteiger partial charge in [-0.2, -0.15) is 0 Å². The van der Waals surface area contributed by atoms with E-state index in [4.69, 9.17) is 70.3 Å². The van der Waals surface area contributed by atoms with Gasteiger partial charge in [-0.3, -0.25) is 0 Å². The molecule has 0 rings (SSSR count). The Morgan fingerprint density at radius 3 is 0.762 bits per heavy atom. The average Bonchev–Trinajstić information content (AvgIpc) is 2.48. The number of nitrogens with two attached hydrogens (primary N) is 2. The summed E-state index contributed by atoms with van der Waals surface area (Å²) in [4.78, 5) is 0. The summed E-state index contributed by atoms with van der Waals surface area (Å²) in [6.45, 7) is 23.3. The first-order valence-electron chi connectivity index (χ1n) is 4.24. The van der Waals surface area contributed by atoms with Gasteiger partial charge >= 0.3 is 65.8 Å².